The highest BCUT2D eigenvalue weighted by Gasteiger charge is 2.19. The van der Waals surface area contributed by atoms with Crippen molar-refractivity contribution in [1.29, 1.82) is 0 Å². The first-order valence-corrected chi connectivity index (χ1v) is 5.27. The Morgan fingerprint density at radius 3 is 1.65 bits per heavy atom. The summed E-state index contributed by atoms with van der Waals surface area (Å²) in [6.07, 6.45) is -0.601. The second-order valence-corrected chi connectivity index (χ2v) is 2.95. The number of amides is 1. The van der Waals surface area contributed by atoms with E-state index in [1.807, 2.05) is 0 Å². The van der Waals surface area contributed by atoms with E-state index in [2.05, 4.69) is 16.5 Å². The van der Waals surface area contributed by atoms with E-state index in [1.165, 1.54) is 7.05 Å². The Morgan fingerprint density at radius 2 is 1.45 bits per heavy atom. The summed E-state index contributed by atoms with van der Waals surface area (Å²) in [5.41, 5.74) is 23.9. The number of primary amides is 1. The van der Waals surface area contributed by atoms with Gasteiger partial charge in [-0.2, -0.15) is 0 Å². The van der Waals surface area contributed by atoms with Crippen molar-refractivity contribution in [3.63, 3.8) is 0 Å². The standard InChI is InChI=1S/C6H11N3O4.C2H6N2O.CH5N/c7-2-4(8)9-3(6(12)13)1-5(10)11;3-1-2(4)5;1-2/h3H,1-2,7H2,(H2,8,9)(H,10,11)(H,12,13);1,3H2,(H2,4,5);2H2,1H3. The molecule has 0 aliphatic carbocycles. The molecular formula is C9H22N6O5. The van der Waals surface area contributed by atoms with Crippen LogP contribution in [0.5, 0.6) is 0 Å². The Kier molecular flexibility index (Phi) is 17.0. The Balaban J connectivity index is -0.000000346. The van der Waals surface area contributed by atoms with Gasteiger partial charge in [-0.1, -0.05) is 0 Å². The van der Waals surface area contributed by atoms with Crippen molar-refractivity contribution in [2.45, 2.75) is 12.5 Å². The molecule has 1 unspecified atom stereocenters. The molecule has 0 aliphatic heterocycles. The number of aliphatic imine (C=N–C) groups is 1. The van der Waals surface area contributed by atoms with Crippen molar-refractivity contribution in [3.8, 4) is 0 Å². The lowest BCUT2D eigenvalue weighted by atomic mass is 10.2. The molecule has 1 amide bonds. The van der Waals surface area contributed by atoms with Gasteiger partial charge in [0.15, 0.2) is 6.04 Å². The van der Waals surface area contributed by atoms with Crippen LogP contribution in [0.1, 0.15) is 6.42 Å². The van der Waals surface area contributed by atoms with Gasteiger partial charge in [-0.3, -0.25) is 14.6 Å². The Labute approximate surface area is 115 Å². The third kappa shape index (κ3) is 18.1. The number of carbonyl (C=O) groups excluding carboxylic acids is 1. The highest BCUT2D eigenvalue weighted by molar-refractivity contribution is 5.87. The molecule has 0 heterocycles. The summed E-state index contributed by atoms with van der Waals surface area (Å²) in [5, 5.41) is 16.8. The average molecular weight is 294 g/mol. The maximum atomic E-state index is 10.4. The van der Waals surface area contributed by atoms with Crippen molar-refractivity contribution in [1.82, 2.24) is 0 Å². The number of hydrogen-bond acceptors (Lipinski definition) is 7. The van der Waals surface area contributed by atoms with Crippen LogP contribution in [-0.4, -0.2) is 60.1 Å². The number of rotatable bonds is 6. The molecule has 11 nitrogen and oxygen atoms in total. The van der Waals surface area contributed by atoms with E-state index in [4.69, 9.17) is 27.4 Å². The van der Waals surface area contributed by atoms with Crippen LogP contribution in [0.2, 0.25) is 0 Å². The van der Waals surface area contributed by atoms with Crippen LogP contribution in [-0.2, 0) is 14.4 Å². The van der Waals surface area contributed by atoms with Gasteiger partial charge >= 0.3 is 11.9 Å². The van der Waals surface area contributed by atoms with Crippen molar-refractivity contribution < 1.29 is 24.6 Å². The van der Waals surface area contributed by atoms with Crippen molar-refractivity contribution in [2.75, 3.05) is 20.1 Å². The van der Waals surface area contributed by atoms with E-state index in [0.29, 0.717) is 0 Å². The summed E-state index contributed by atoms with van der Waals surface area (Å²) in [6.45, 7) is -0.149. The molecule has 0 rings (SSSR count). The molecule has 12 N–H and O–H groups in total. The van der Waals surface area contributed by atoms with Crippen LogP contribution in [0.4, 0.5) is 0 Å². The van der Waals surface area contributed by atoms with Gasteiger partial charge in [-0.15, -0.1) is 0 Å². The third-order valence-electron chi connectivity index (χ3n) is 1.39. The van der Waals surface area contributed by atoms with Crippen LogP contribution in [0.25, 0.3) is 0 Å². The third-order valence-corrected chi connectivity index (χ3v) is 1.39. The molecule has 0 aliphatic rings. The lowest BCUT2D eigenvalue weighted by Crippen LogP contribution is -2.29. The van der Waals surface area contributed by atoms with Crippen molar-refractivity contribution >= 4 is 23.7 Å². The lowest BCUT2D eigenvalue weighted by molar-refractivity contribution is -0.144. The minimum atomic E-state index is -1.36. The van der Waals surface area contributed by atoms with Gasteiger partial charge in [-0.05, 0) is 7.05 Å². The summed E-state index contributed by atoms with van der Waals surface area (Å²) in [5.74, 6) is -3.13. The summed E-state index contributed by atoms with van der Waals surface area (Å²) >= 11 is 0. The van der Waals surface area contributed by atoms with E-state index in [1.54, 1.807) is 0 Å². The van der Waals surface area contributed by atoms with Crippen LogP contribution in [0.15, 0.2) is 4.99 Å². The van der Waals surface area contributed by atoms with E-state index in [-0.39, 0.29) is 18.9 Å². The van der Waals surface area contributed by atoms with Gasteiger partial charge in [0.25, 0.3) is 0 Å². The van der Waals surface area contributed by atoms with Crippen molar-refractivity contribution in [2.24, 2.45) is 33.7 Å². The van der Waals surface area contributed by atoms with E-state index in [0.717, 1.165) is 0 Å². The normalized spacial score (nSPS) is 11.1. The molecule has 0 aromatic carbocycles. The first kappa shape index (κ1) is 22.9. The number of aliphatic carboxylic acids is 2. The Bertz CT molecular complexity index is 333. The molecule has 0 saturated heterocycles. The zero-order valence-corrected chi connectivity index (χ0v) is 11.2. The highest BCUT2D eigenvalue weighted by Crippen LogP contribution is 1.98. The number of nitrogens with zero attached hydrogens (tertiary/aromatic N) is 1. The largest absolute Gasteiger partial charge is 0.481 e. The Morgan fingerprint density at radius 1 is 1.05 bits per heavy atom. The molecule has 0 spiro atoms. The number of hydrogen-bond donors (Lipinski definition) is 7. The summed E-state index contributed by atoms with van der Waals surface area (Å²) in [6, 6.07) is -1.36. The molecule has 20 heavy (non-hydrogen) atoms. The molecule has 0 fully saturated rings. The van der Waals surface area contributed by atoms with E-state index >= 15 is 0 Å². The maximum Gasteiger partial charge on any atom is 0.329 e. The number of carbonyl (C=O) groups is 3. The first-order chi connectivity index (χ1) is 9.24. The minimum Gasteiger partial charge on any atom is -0.481 e. The number of amidine groups is 1. The fraction of sp³-hybridized carbons (Fsp3) is 0.556. The second-order valence-electron chi connectivity index (χ2n) is 2.95. The molecule has 118 valence electrons. The van der Waals surface area contributed by atoms with Crippen LogP contribution >= 0.6 is 0 Å². The maximum absolute atomic E-state index is 10.4. The minimum absolute atomic E-state index is 0.0556. The predicted molar refractivity (Wildman–Crippen MR) is 72.7 cm³/mol. The summed E-state index contributed by atoms with van der Waals surface area (Å²) < 4.78 is 0. The molecular weight excluding hydrogens is 272 g/mol. The average Bonchev–Trinajstić information content (AvgIpc) is 2.40. The van der Waals surface area contributed by atoms with E-state index < -0.39 is 30.3 Å². The quantitative estimate of drug-likeness (QED) is 0.188. The SMILES string of the molecule is CN.NCC(N)=NC(CC(=O)O)C(=O)O.NCC(N)=O. The molecule has 0 radical (unpaired) electrons. The fourth-order valence-electron chi connectivity index (χ4n) is 0.606. The highest BCUT2D eigenvalue weighted by atomic mass is 16.4. The Hall–Kier alpha value is -2.24. The van der Waals surface area contributed by atoms with Gasteiger partial charge in [0.1, 0.15) is 5.84 Å². The number of carboxylic acids is 2. The summed E-state index contributed by atoms with van der Waals surface area (Å²) in [7, 11) is 1.50. The molecule has 0 bridgehead atoms. The molecule has 0 saturated carbocycles. The van der Waals surface area contributed by atoms with Crippen molar-refractivity contribution in [3.05, 3.63) is 0 Å². The zero-order chi connectivity index (χ0) is 16.7. The number of carboxylic acid groups (broad SMARTS) is 2. The van der Waals surface area contributed by atoms with Gasteiger partial charge in [-0.25, -0.2) is 4.79 Å². The summed E-state index contributed by atoms with van der Waals surface area (Å²) in [4.78, 5) is 33.5. The first-order valence-electron chi connectivity index (χ1n) is 5.27. The van der Waals surface area contributed by atoms with Gasteiger partial charge < -0.3 is 38.9 Å². The van der Waals surface area contributed by atoms with Gasteiger partial charge in [0.05, 0.1) is 19.5 Å². The molecule has 0 aromatic rings. The molecule has 0 aromatic heterocycles. The predicted octanol–water partition coefficient (Wildman–Crippen LogP) is -3.76. The van der Waals surface area contributed by atoms with Gasteiger partial charge in [0.2, 0.25) is 5.91 Å². The van der Waals surface area contributed by atoms with E-state index in [9.17, 15) is 14.4 Å². The van der Waals surface area contributed by atoms with Gasteiger partial charge in [0, 0.05) is 0 Å². The molecule has 11 heteroatoms. The van der Waals surface area contributed by atoms with Crippen LogP contribution in [0.3, 0.4) is 0 Å². The van der Waals surface area contributed by atoms with Crippen LogP contribution in [0, 0.1) is 0 Å². The topological polar surface area (TPSA) is 234 Å². The lowest BCUT2D eigenvalue weighted by Gasteiger charge is -2.04. The monoisotopic (exact) mass is 294 g/mol. The second kappa shape index (κ2) is 14.8. The number of nitrogens with two attached hydrogens (primary N) is 5. The van der Waals surface area contributed by atoms with Crippen LogP contribution < -0.4 is 28.7 Å². The molecule has 1 atom stereocenters. The fourth-order valence-corrected chi connectivity index (χ4v) is 0.606. The zero-order valence-electron chi connectivity index (χ0n) is 11.2. The smallest absolute Gasteiger partial charge is 0.329 e.